The molecule has 0 aliphatic carbocycles. The number of ether oxygens (including phenoxy) is 1. The largest absolute Gasteiger partial charge is 0.479 e. The van der Waals surface area contributed by atoms with Crippen molar-refractivity contribution >= 4 is 23.2 Å². The number of carbonyl (C=O) groups excluding carboxylic acids is 2. The summed E-state index contributed by atoms with van der Waals surface area (Å²) in [5.74, 6) is -0.0690. The van der Waals surface area contributed by atoms with Crippen LogP contribution in [0.3, 0.4) is 0 Å². The Morgan fingerprint density at radius 1 is 1.23 bits per heavy atom. The van der Waals surface area contributed by atoms with E-state index in [1.807, 2.05) is 30.3 Å². The molecule has 1 unspecified atom stereocenters. The average Bonchev–Trinajstić information content (AvgIpc) is 3.14. The highest BCUT2D eigenvalue weighted by Gasteiger charge is 2.23. The number of nitrogens with zero attached hydrogens (tertiary/aromatic N) is 3. The van der Waals surface area contributed by atoms with Crippen LogP contribution in [0.15, 0.2) is 54.7 Å². The average molecular weight is 349 g/mol. The van der Waals surface area contributed by atoms with Gasteiger partial charge in [-0.3, -0.25) is 9.59 Å². The van der Waals surface area contributed by atoms with Gasteiger partial charge in [-0.15, -0.1) is 5.10 Å². The highest BCUT2D eigenvalue weighted by molar-refractivity contribution is 6.04. The molecule has 130 valence electrons. The summed E-state index contributed by atoms with van der Waals surface area (Å²) >= 11 is 0. The first-order valence-electron chi connectivity index (χ1n) is 8.01. The predicted octanol–water partition coefficient (Wildman–Crippen LogP) is 2.24. The van der Waals surface area contributed by atoms with E-state index in [-0.39, 0.29) is 11.6 Å². The Bertz CT molecular complexity index is 984. The van der Waals surface area contributed by atoms with E-state index in [2.05, 4.69) is 20.8 Å². The SMILES string of the molecule is CC1Oc2ccc(NC(=O)c3cnn(-c4ccccc4)n3)cc2NC1=O. The molecule has 3 aromatic rings. The van der Waals surface area contributed by atoms with Gasteiger partial charge in [0.05, 0.1) is 17.6 Å². The van der Waals surface area contributed by atoms with Gasteiger partial charge in [0, 0.05) is 5.69 Å². The van der Waals surface area contributed by atoms with Crippen molar-refractivity contribution in [3.8, 4) is 11.4 Å². The molecule has 0 radical (unpaired) electrons. The lowest BCUT2D eigenvalue weighted by Crippen LogP contribution is -2.34. The molecule has 0 saturated heterocycles. The van der Waals surface area contributed by atoms with E-state index in [0.29, 0.717) is 17.1 Å². The van der Waals surface area contributed by atoms with Crippen LogP contribution >= 0.6 is 0 Å². The van der Waals surface area contributed by atoms with Crippen LogP contribution in [0.2, 0.25) is 0 Å². The van der Waals surface area contributed by atoms with Crippen molar-refractivity contribution in [3.05, 3.63) is 60.4 Å². The van der Waals surface area contributed by atoms with Crippen LogP contribution < -0.4 is 15.4 Å². The number of nitrogens with one attached hydrogen (secondary N) is 2. The van der Waals surface area contributed by atoms with E-state index in [1.54, 1.807) is 25.1 Å². The second-order valence-corrected chi connectivity index (χ2v) is 5.77. The summed E-state index contributed by atoms with van der Waals surface area (Å²) in [6.07, 6.45) is 0.851. The van der Waals surface area contributed by atoms with E-state index in [9.17, 15) is 9.59 Å². The fraction of sp³-hybridized carbons (Fsp3) is 0.111. The summed E-state index contributed by atoms with van der Waals surface area (Å²) in [7, 11) is 0. The molecule has 0 bridgehead atoms. The molecule has 0 saturated carbocycles. The zero-order valence-corrected chi connectivity index (χ0v) is 13.8. The van der Waals surface area contributed by atoms with Gasteiger partial charge in [0.1, 0.15) is 5.75 Å². The van der Waals surface area contributed by atoms with E-state index in [0.717, 1.165) is 5.69 Å². The number of amides is 2. The topological polar surface area (TPSA) is 98.1 Å². The molecule has 0 spiro atoms. The molecule has 2 N–H and O–H groups in total. The maximum atomic E-state index is 12.4. The number of para-hydroxylation sites is 1. The number of hydrogen-bond acceptors (Lipinski definition) is 5. The van der Waals surface area contributed by atoms with Crippen LogP contribution in [-0.2, 0) is 4.79 Å². The number of anilines is 2. The third-order valence-electron chi connectivity index (χ3n) is 3.88. The molecule has 1 aliphatic rings. The first kappa shape index (κ1) is 15.8. The summed E-state index contributed by atoms with van der Waals surface area (Å²) in [4.78, 5) is 25.5. The minimum absolute atomic E-state index is 0.181. The summed E-state index contributed by atoms with van der Waals surface area (Å²) in [5, 5.41) is 13.8. The molecule has 2 heterocycles. The van der Waals surface area contributed by atoms with Crippen LogP contribution in [0.5, 0.6) is 5.75 Å². The van der Waals surface area contributed by atoms with Gasteiger partial charge in [-0.25, -0.2) is 0 Å². The van der Waals surface area contributed by atoms with Gasteiger partial charge in [0.2, 0.25) is 0 Å². The van der Waals surface area contributed by atoms with E-state index >= 15 is 0 Å². The molecule has 2 amide bonds. The van der Waals surface area contributed by atoms with E-state index in [4.69, 9.17) is 4.74 Å². The number of aromatic nitrogens is 3. The normalized spacial score (nSPS) is 15.6. The second-order valence-electron chi connectivity index (χ2n) is 5.77. The quantitative estimate of drug-likeness (QED) is 0.756. The molecule has 8 nitrogen and oxygen atoms in total. The van der Waals surface area contributed by atoms with Crippen molar-refractivity contribution in [1.29, 1.82) is 0 Å². The molecule has 1 aliphatic heterocycles. The lowest BCUT2D eigenvalue weighted by atomic mass is 10.2. The molecular formula is C18H15N5O3. The highest BCUT2D eigenvalue weighted by Crippen LogP contribution is 2.32. The zero-order valence-electron chi connectivity index (χ0n) is 13.8. The van der Waals surface area contributed by atoms with Gasteiger partial charge in [-0.2, -0.15) is 9.90 Å². The lowest BCUT2D eigenvalue weighted by Gasteiger charge is -2.23. The van der Waals surface area contributed by atoms with Crippen LogP contribution in [0.4, 0.5) is 11.4 Å². The molecule has 1 aromatic heterocycles. The maximum Gasteiger partial charge on any atom is 0.277 e. The smallest absolute Gasteiger partial charge is 0.277 e. The number of hydrogen-bond donors (Lipinski definition) is 2. The number of rotatable bonds is 3. The highest BCUT2D eigenvalue weighted by atomic mass is 16.5. The fourth-order valence-corrected chi connectivity index (χ4v) is 2.53. The van der Waals surface area contributed by atoms with Gasteiger partial charge < -0.3 is 15.4 Å². The maximum absolute atomic E-state index is 12.4. The van der Waals surface area contributed by atoms with Gasteiger partial charge in [-0.1, -0.05) is 18.2 Å². The van der Waals surface area contributed by atoms with Crippen molar-refractivity contribution in [2.45, 2.75) is 13.0 Å². The Labute approximate surface area is 148 Å². The Balaban J connectivity index is 1.51. The molecule has 8 heteroatoms. The van der Waals surface area contributed by atoms with Crippen molar-refractivity contribution in [2.24, 2.45) is 0 Å². The van der Waals surface area contributed by atoms with Crippen LogP contribution in [0, 0.1) is 0 Å². The van der Waals surface area contributed by atoms with Crippen molar-refractivity contribution < 1.29 is 14.3 Å². The molecular weight excluding hydrogens is 334 g/mol. The molecule has 4 rings (SSSR count). The van der Waals surface area contributed by atoms with E-state index < -0.39 is 12.0 Å². The Kier molecular flexibility index (Phi) is 3.85. The zero-order chi connectivity index (χ0) is 18.1. The lowest BCUT2D eigenvalue weighted by molar-refractivity contribution is -0.122. The summed E-state index contributed by atoms with van der Waals surface area (Å²) in [6, 6.07) is 14.3. The number of benzene rings is 2. The van der Waals surface area contributed by atoms with Crippen molar-refractivity contribution in [3.63, 3.8) is 0 Å². The monoisotopic (exact) mass is 349 g/mol. The molecule has 1 atom stereocenters. The number of carbonyl (C=O) groups is 2. The second kappa shape index (κ2) is 6.32. The molecule has 2 aromatic carbocycles. The van der Waals surface area contributed by atoms with Crippen molar-refractivity contribution in [1.82, 2.24) is 15.0 Å². The summed E-state index contributed by atoms with van der Waals surface area (Å²) in [5.41, 5.74) is 1.97. The third-order valence-corrected chi connectivity index (χ3v) is 3.88. The third kappa shape index (κ3) is 3.00. The van der Waals surface area contributed by atoms with Gasteiger partial charge in [0.25, 0.3) is 11.8 Å². The Morgan fingerprint density at radius 3 is 2.85 bits per heavy atom. The molecule has 26 heavy (non-hydrogen) atoms. The van der Waals surface area contributed by atoms with Crippen molar-refractivity contribution in [2.75, 3.05) is 10.6 Å². The van der Waals surface area contributed by atoms with Crippen LogP contribution in [-0.4, -0.2) is 32.9 Å². The van der Waals surface area contributed by atoms with Crippen LogP contribution in [0.1, 0.15) is 17.4 Å². The van der Waals surface area contributed by atoms with Gasteiger partial charge >= 0.3 is 0 Å². The van der Waals surface area contributed by atoms with Gasteiger partial charge in [-0.05, 0) is 37.3 Å². The number of fused-ring (bicyclic) bond motifs is 1. The first-order valence-corrected chi connectivity index (χ1v) is 8.01. The fourth-order valence-electron chi connectivity index (χ4n) is 2.53. The van der Waals surface area contributed by atoms with Crippen LogP contribution in [0.25, 0.3) is 5.69 Å². The Hall–Kier alpha value is -3.68. The van der Waals surface area contributed by atoms with E-state index in [1.165, 1.54) is 11.0 Å². The van der Waals surface area contributed by atoms with Gasteiger partial charge in [0.15, 0.2) is 11.8 Å². The summed E-state index contributed by atoms with van der Waals surface area (Å²) in [6.45, 7) is 1.67. The first-order chi connectivity index (χ1) is 12.6. The standard InChI is InChI=1S/C18H15N5O3/c1-11-17(24)21-14-9-12(7-8-16(14)26-11)20-18(25)15-10-19-23(22-15)13-5-3-2-4-6-13/h2-11H,1H3,(H,20,25)(H,21,24). The minimum Gasteiger partial charge on any atom is -0.479 e. The minimum atomic E-state index is -0.545. The molecule has 0 fully saturated rings. The Morgan fingerprint density at radius 2 is 2.04 bits per heavy atom. The summed E-state index contributed by atoms with van der Waals surface area (Å²) < 4.78 is 5.49. The predicted molar refractivity (Wildman–Crippen MR) is 94.5 cm³/mol.